The lowest BCUT2D eigenvalue weighted by molar-refractivity contribution is -0.114. The van der Waals surface area contributed by atoms with Gasteiger partial charge in [-0.25, -0.2) is 9.97 Å². The predicted octanol–water partition coefficient (Wildman–Crippen LogP) is 5.43. The van der Waals surface area contributed by atoms with Crippen molar-refractivity contribution in [3.63, 3.8) is 0 Å². The zero-order chi connectivity index (χ0) is 23.0. The summed E-state index contributed by atoms with van der Waals surface area (Å²) in [7, 11) is 1.63. The number of nitrogens with one attached hydrogen (secondary N) is 2. The molecule has 0 fully saturated rings. The van der Waals surface area contributed by atoms with Crippen LogP contribution in [0.25, 0.3) is 22.5 Å². The van der Waals surface area contributed by atoms with E-state index in [-0.39, 0.29) is 18.4 Å². The summed E-state index contributed by atoms with van der Waals surface area (Å²) in [5, 5.41) is 6.05. The Bertz CT molecular complexity index is 1220. The summed E-state index contributed by atoms with van der Waals surface area (Å²) in [6.07, 6.45) is 0.887. The Morgan fingerprint density at radius 1 is 0.848 bits per heavy atom. The molecule has 6 heteroatoms. The molecule has 4 aromatic rings. The number of aromatic nitrogens is 2. The van der Waals surface area contributed by atoms with Gasteiger partial charge in [0.2, 0.25) is 11.9 Å². The fourth-order valence-electron chi connectivity index (χ4n) is 3.52. The predicted molar refractivity (Wildman–Crippen MR) is 132 cm³/mol. The molecular formula is C27H26N4O2. The number of benzene rings is 3. The minimum Gasteiger partial charge on any atom is -0.497 e. The number of anilines is 2. The second-order valence-corrected chi connectivity index (χ2v) is 7.47. The first-order valence-corrected chi connectivity index (χ1v) is 10.9. The summed E-state index contributed by atoms with van der Waals surface area (Å²) < 4.78 is 5.26. The highest BCUT2D eigenvalue weighted by atomic mass is 16.5. The van der Waals surface area contributed by atoms with Crippen molar-refractivity contribution in [2.45, 2.75) is 13.3 Å². The van der Waals surface area contributed by atoms with E-state index >= 15 is 0 Å². The Balaban J connectivity index is 1.59. The number of methoxy groups -OCH3 is 1. The van der Waals surface area contributed by atoms with Gasteiger partial charge >= 0.3 is 0 Å². The molecule has 0 unspecified atom stereocenters. The van der Waals surface area contributed by atoms with Gasteiger partial charge in [0, 0.05) is 16.8 Å². The Kier molecular flexibility index (Phi) is 6.95. The topological polar surface area (TPSA) is 76.1 Å². The second kappa shape index (κ2) is 10.4. The summed E-state index contributed by atoms with van der Waals surface area (Å²) in [4.78, 5) is 21.9. The number of para-hydroxylation sites is 1. The Labute approximate surface area is 193 Å². The first-order chi connectivity index (χ1) is 16.2. The van der Waals surface area contributed by atoms with Crippen molar-refractivity contribution < 1.29 is 9.53 Å². The van der Waals surface area contributed by atoms with Gasteiger partial charge in [0.25, 0.3) is 0 Å². The van der Waals surface area contributed by atoms with E-state index in [9.17, 15) is 4.79 Å². The van der Waals surface area contributed by atoms with Crippen molar-refractivity contribution in [3.8, 4) is 28.3 Å². The number of hydrogen-bond acceptors (Lipinski definition) is 5. The van der Waals surface area contributed by atoms with Crippen molar-refractivity contribution in [2.75, 3.05) is 24.3 Å². The molecule has 3 aromatic carbocycles. The van der Waals surface area contributed by atoms with Crippen LogP contribution in [0.1, 0.15) is 12.5 Å². The number of ether oxygens (including phenoxy) is 1. The molecule has 0 saturated heterocycles. The molecule has 0 bridgehead atoms. The number of aryl methyl sites for hydroxylation is 1. The zero-order valence-electron chi connectivity index (χ0n) is 18.7. The minimum absolute atomic E-state index is 0.119. The van der Waals surface area contributed by atoms with Crippen LogP contribution in [0.4, 0.5) is 11.6 Å². The standard InChI is InChI=1S/C27H26N4O2/c1-3-19-9-7-8-12-23(19)28-18-26(32)31-27-29-24(20-10-5-4-6-11-20)17-25(30-27)21-13-15-22(33-2)16-14-21/h4-17,28H,3,18H2,1-2H3,(H,29,30,31,32). The van der Waals surface area contributed by atoms with Crippen molar-refractivity contribution in [2.24, 2.45) is 0 Å². The molecule has 2 N–H and O–H groups in total. The molecular weight excluding hydrogens is 412 g/mol. The minimum atomic E-state index is -0.216. The molecule has 0 aliphatic heterocycles. The fraction of sp³-hybridized carbons (Fsp3) is 0.148. The second-order valence-electron chi connectivity index (χ2n) is 7.47. The normalized spacial score (nSPS) is 10.5. The number of carbonyl (C=O) groups excluding carboxylic acids is 1. The summed E-state index contributed by atoms with van der Waals surface area (Å²) in [5.41, 5.74) is 5.41. The maximum Gasteiger partial charge on any atom is 0.246 e. The molecule has 1 amide bonds. The first kappa shape index (κ1) is 22.0. The molecule has 33 heavy (non-hydrogen) atoms. The van der Waals surface area contributed by atoms with E-state index in [1.807, 2.05) is 84.9 Å². The molecule has 1 heterocycles. The fourth-order valence-corrected chi connectivity index (χ4v) is 3.52. The van der Waals surface area contributed by atoms with E-state index in [0.29, 0.717) is 5.69 Å². The molecule has 4 rings (SSSR count). The van der Waals surface area contributed by atoms with E-state index in [4.69, 9.17) is 4.74 Å². The molecule has 1 aromatic heterocycles. The quantitative estimate of drug-likeness (QED) is 0.383. The van der Waals surface area contributed by atoms with Gasteiger partial charge in [0.05, 0.1) is 25.0 Å². The lowest BCUT2D eigenvalue weighted by Gasteiger charge is -2.12. The summed E-state index contributed by atoms with van der Waals surface area (Å²) >= 11 is 0. The number of nitrogens with zero attached hydrogens (tertiary/aromatic N) is 2. The van der Waals surface area contributed by atoms with Crippen molar-refractivity contribution in [1.82, 2.24) is 9.97 Å². The number of carbonyl (C=O) groups is 1. The van der Waals surface area contributed by atoms with Gasteiger partial charge in [-0.2, -0.15) is 0 Å². The van der Waals surface area contributed by atoms with E-state index < -0.39 is 0 Å². The van der Waals surface area contributed by atoms with Crippen LogP contribution in [0.3, 0.4) is 0 Å². The highest BCUT2D eigenvalue weighted by molar-refractivity contribution is 5.92. The lowest BCUT2D eigenvalue weighted by atomic mass is 10.1. The maximum absolute atomic E-state index is 12.7. The zero-order valence-corrected chi connectivity index (χ0v) is 18.7. The number of rotatable bonds is 8. The van der Waals surface area contributed by atoms with Crippen LogP contribution in [-0.4, -0.2) is 29.5 Å². The van der Waals surface area contributed by atoms with E-state index in [1.165, 1.54) is 0 Å². The largest absolute Gasteiger partial charge is 0.497 e. The maximum atomic E-state index is 12.7. The van der Waals surface area contributed by atoms with E-state index in [1.54, 1.807) is 7.11 Å². The molecule has 0 saturated carbocycles. The monoisotopic (exact) mass is 438 g/mol. The SMILES string of the molecule is CCc1ccccc1NCC(=O)Nc1nc(-c2ccccc2)cc(-c2ccc(OC)cc2)n1. The molecule has 0 atom stereocenters. The van der Waals surface area contributed by atoms with Gasteiger partial charge in [-0.3, -0.25) is 10.1 Å². The highest BCUT2D eigenvalue weighted by Crippen LogP contribution is 2.26. The molecule has 166 valence electrons. The molecule has 0 spiro atoms. The van der Waals surface area contributed by atoms with Crippen LogP contribution in [-0.2, 0) is 11.2 Å². The van der Waals surface area contributed by atoms with Gasteiger partial charge in [0.15, 0.2) is 0 Å². The van der Waals surface area contributed by atoms with Crippen molar-refractivity contribution >= 4 is 17.5 Å². The third kappa shape index (κ3) is 5.54. The summed E-state index contributed by atoms with van der Waals surface area (Å²) in [6.45, 7) is 2.21. The van der Waals surface area contributed by atoms with Gasteiger partial charge in [-0.1, -0.05) is 55.5 Å². The van der Waals surface area contributed by atoms with Crippen LogP contribution < -0.4 is 15.4 Å². The van der Waals surface area contributed by atoms with Crippen LogP contribution in [0.15, 0.2) is 84.9 Å². The Morgan fingerprint density at radius 3 is 2.15 bits per heavy atom. The Hall–Kier alpha value is -4.19. The molecule has 0 radical (unpaired) electrons. The van der Waals surface area contributed by atoms with Gasteiger partial charge < -0.3 is 10.1 Å². The van der Waals surface area contributed by atoms with E-state index in [0.717, 1.165) is 40.2 Å². The third-order valence-electron chi connectivity index (χ3n) is 5.27. The summed E-state index contributed by atoms with van der Waals surface area (Å²) in [5.74, 6) is 0.813. The van der Waals surface area contributed by atoms with E-state index in [2.05, 4.69) is 27.5 Å². The number of hydrogen-bond donors (Lipinski definition) is 2. The average Bonchev–Trinajstić information content (AvgIpc) is 2.88. The third-order valence-corrected chi connectivity index (χ3v) is 5.27. The van der Waals surface area contributed by atoms with Gasteiger partial charge in [0.1, 0.15) is 5.75 Å². The first-order valence-electron chi connectivity index (χ1n) is 10.9. The van der Waals surface area contributed by atoms with Crippen LogP contribution in [0.5, 0.6) is 5.75 Å². The van der Waals surface area contributed by atoms with Crippen molar-refractivity contribution in [1.29, 1.82) is 0 Å². The van der Waals surface area contributed by atoms with Crippen LogP contribution in [0.2, 0.25) is 0 Å². The van der Waals surface area contributed by atoms with Gasteiger partial charge in [-0.15, -0.1) is 0 Å². The van der Waals surface area contributed by atoms with Crippen LogP contribution in [0, 0.1) is 0 Å². The highest BCUT2D eigenvalue weighted by Gasteiger charge is 2.12. The lowest BCUT2D eigenvalue weighted by Crippen LogP contribution is -2.23. The van der Waals surface area contributed by atoms with Gasteiger partial charge in [-0.05, 0) is 48.4 Å². The molecule has 0 aliphatic rings. The van der Waals surface area contributed by atoms with Crippen molar-refractivity contribution in [3.05, 3.63) is 90.5 Å². The Morgan fingerprint density at radius 2 is 1.48 bits per heavy atom. The molecule has 0 aliphatic carbocycles. The summed E-state index contributed by atoms with van der Waals surface area (Å²) in [6, 6.07) is 27.4. The molecule has 6 nitrogen and oxygen atoms in total. The average molecular weight is 439 g/mol. The number of amides is 1. The smallest absolute Gasteiger partial charge is 0.246 e. The van der Waals surface area contributed by atoms with Crippen LogP contribution >= 0.6 is 0 Å².